The van der Waals surface area contributed by atoms with Crippen LogP contribution in [0, 0.1) is 0 Å². The lowest BCUT2D eigenvalue weighted by Crippen LogP contribution is -2.49. The number of amides is 2. The van der Waals surface area contributed by atoms with Crippen LogP contribution >= 0.6 is 11.6 Å². The number of rotatable bonds is 5. The van der Waals surface area contributed by atoms with Crippen molar-refractivity contribution < 1.29 is 9.53 Å². The van der Waals surface area contributed by atoms with Crippen molar-refractivity contribution in [2.75, 3.05) is 33.3 Å². The summed E-state index contributed by atoms with van der Waals surface area (Å²) in [6.07, 6.45) is 4.78. The fourth-order valence-corrected chi connectivity index (χ4v) is 3.77. The van der Waals surface area contributed by atoms with E-state index in [1.165, 1.54) is 12.8 Å². The second kappa shape index (κ2) is 8.88. The van der Waals surface area contributed by atoms with E-state index in [1.807, 2.05) is 31.3 Å². The Labute approximate surface area is 155 Å². The number of carbonyl (C=O) groups is 1. The molecule has 2 fully saturated rings. The number of nitrogens with one attached hydrogen (secondary N) is 1. The van der Waals surface area contributed by atoms with Gasteiger partial charge < -0.3 is 19.9 Å². The summed E-state index contributed by atoms with van der Waals surface area (Å²) in [5.74, 6) is 0. The lowest BCUT2D eigenvalue weighted by Gasteiger charge is -2.34. The first-order valence-electron chi connectivity index (χ1n) is 9.21. The van der Waals surface area contributed by atoms with Crippen LogP contribution in [-0.4, -0.2) is 61.3 Å². The van der Waals surface area contributed by atoms with E-state index < -0.39 is 0 Å². The maximum atomic E-state index is 12.4. The average Bonchev–Trinajstić information content (AvgIpc) is 3.11. The topological polar surface area (TPSA) is 44.8 Å². The molecule has 3 rings (SSSR count). The molecule has 25 heavy (non-hydrogen) atoms. The number of likely N-dealkylation sites (tertiary alicyclic amines) is 1. The largest absolute Gasteiger partial charge is 0.377 e. The van der Waals surface area contributed by atoms with Crippen molar-refractivity contribution in [3.63, 3.8) is 0 Å². The third-order valence-corrected chi connectivity index (χ3v) is 5.48. The summed E-state index contributed by atoms with van der Waals surface area (Å²) < 4.78 is 5.72. The zero-order valence-electron chi connectivity index (χ0n) is 14.9. The van der Waals surface area contributed by atoms with E-state index in [0.717, 1.165) is 44.6 Å². The van der Waals surface area contributed by atoms with Crippen LogP contribution in [-0.2, 0) is 11.3 Å². The van der Waals surface area contributed by atoms with Crippen LogP contribution in [0.1, 0.15) is 31.2 Å². The molecule has 1 aromatic carbocycles. The second-order valence-electron chi connectivity index (χ2n) is 7.11. The molecule has 6 heteroatoms. The smallest absolute Gasteiger partial charge is 0.317 e. The van der Waals surface area contributed by atoms with Gasteiger partial charge in [0.25, 0.3) is 0 Å². The van der Waals surface area contributed by atoms with E-state index in [-0.39, 0.29) is 12.1 Å². The van der Waals surface area contributed by atoms with Gasteiger partial charge in [-0.1, -0.05) is 29.8 Å². The highest BCUT2D eigenvalue weighted by atomic mass is 35.5. The third-order valence-electron chi connectivity index (χ3n) is 5.11. The van der Waals surface area contributed by atoms with Crippen molar-refractivity contribution in [1.29, 1.82) is 0 Å². The maximum Gasteiger partial charge on any atom is 0.317 e. The highest BCUT2D eigenvalue weighted by Crippen LogP contribution is 2.18. The van der Waals surface area contributed by atoms with Crippen LogP contribution in [0.3, 0.4) is 0 Å². The van der Waals surface area contributed by atoms with E-state index in [2.05, 4.69) is 10.2 Å². The van der Waals surface area contributed by atoms with Gasteiger partial charge in [-0.2, -0.15) is 0 Å². The number of carbonyl (C=O) groups excluding carboxylic acids is 1. The van der Waals surface area contributed by atoms with E-state index in [9.17, 15) is 4.79 Å². The molecule has 1 aromatic rings. The fourth-order valence-electron chi connectivity index (χ4n) is 3.57. The Bertz CT molecular complexity index is 570. The molecule has 0 bridgehead atoms. The van der Waals surface area contributed by atoms with Crippen molar-refractivity contribution in [2.24, 2.45) is 0 Å². The van der Waals surface area contributed by atoms with Gasteiger partial charge in [-0.3, -0.25) is 0 Å². The van der Waals surface area contributed by atoms with Crippen molar-refractivity contribution in [3.8, 4) is 0 Å². The van der Waals surface area contributed by atoms with Gasteiger partial charge in [0.2, 0.25) is 0 Å². The quantitative estimate of drug-likeness (QED) is 0.871. The van der Waals surface area contributed by atoms with Gasteiger partial charge in [0.05, 0.1) is 6.10 Å². The van der Waals surface area contributed by atoms with Gasteiger partial charge in [0.15, 0.2) is 0 Å². The molecule has 1 unspecified atom stereocenters. The Morgan fingerprint density at radius 3 is 2.76 bits per heavy atom. The van der Waals surface area contributed by atoms with Crippen molar-refractivity contribution >= 4 is 17.6 Å². The van der Waals surface area contributed by atoms with Gasteiger partial charge in [-0.05, 0) is 37.3 Å². The third kappa shape index (κ3) is 5.33. The van der Waals surface area contributed by atoms with Gasteiger partial charge in [0, 0.05) is 50.9 Å². The summed E-state index contributed by atoms with van der Waals surface area (Å²) >= 11 is 6.18. The number of halogens is 1. The summed E-state index contributed by atoms with van der Waals surface area (Å²) in [7, 11) is 1.81. The molecule has 2 heterocycles. The van der Waals surface area contributed by atoms with Crippen molar-refractivity contribution in [3.05, 3.63) is 34.9 Å². The summed E-state index contributed by atoms with van der Waals surface area (Å²) in [6.45, 7) is 4.52. The van der Waals surface area contributed by atoms with E-state index in [0.29, 0.717) is 17.7 Å². The van der Waals surface area contributed by atoms with E-state index in [1.54, 1.807) is 4.90 Å². The molecule has 5 nitrogen and oxygen atoms in total. The molecule has 0 saturated carbocycles. The van der Waals surface area contributed by atoms with Crippen LogP contribution in [0.5, 0.6) is 0 Å². The van der Waals surface area contributed by atoms with Crippen LogP contribution in [0.4, 0.5) is 4.79 Å². The van der Waals surface area contributed by atoms with Crippen molar-refractivity contribution in [1.82, 2.24) is 15.1 Å². The van der Waals surface area contributed by atoms with Crippen LogP contribution in [0.25, 0.3) is 0 Å². The van der Waals surface area contributed by atoms with E-state index >= 15 is 0 Å². The number of ether oxygens (including phenoxy) is 1. The standard InChI is InChI=1S/C19H28ClN3O2/c1-22(13-15-5-2-3-7-18(15)20)19(24)21-16-8-10-23(11-9-16)14-17-6-4-12-25-17/h2-3,5,7,16-17H,4,6,8-14H2,1H3,(H,21,24). The highest BCUT2D eigenvalue weighted by Gasteiger charge is 2.25. The minimum atomic E-state index is -0.0301. The fraction of sp³-hybridized carbons (Fsp3) is 0.632. The predicted octanol–water partition coefficient (Wildman–Crippen LogP) is 3.12. The molecule has 2 amide bonds. The highest BCUT2D eigenvalue weighted by molar-refractivity contribution is 6.31. The Kier molecular flexibility index (Phi) is 6.57. The molecule has 0 aliphatic carbocycles. The molecule has 0 aromatic heterocycles. The zero-order chi connectivity index (χ0) is 17.6. The molecular weight excluding hydrogens is 338 g/mol. The first kappa shape index (κ1) is 18.5. The van der Waals surface area contributed by atoms with Gasteiger partial charge in [-0.15, -0.1) is 0 Å². The number of urea groups is 1. The Morgan fingerprint density at radius 1 is 1.32 bits per heavy atom. The molecule has 1 atom stereocenters. The molecule has 0 spiro atoms. The molecule has 1 N–H and O–H groups in total. The number of nitrogens with zero attached hydrogens (tertiary/aromatic N) is 2. The minimum absolute atomic E-state index is 0.0301. The second-order valence-corrected chi connectivity index (χ2v) is 7.51. The molecule has 0 radical (unpaired) electrons. The molecule has 2 aliphatic heterocycles. The molecule has 138 valence electrons. The lowest BCUT2D eigenvalue weighted by atomic mass is 10.0. The zero-order valence-corrected chi connectivity index (χ0v) is 15.7. The molecular formula is C19H28ClN3O2. The lowest BCUT2D eigenvalue weighted by molar-refractivity contribution is 0.0629. The predicted molar refractivity (Wildman–Crippen MR) is 99.9 cm³/mol. The van der Waals surface area contributed by atoms with Crippen LogP contribution < -0.4 is 5.32 Å². The van der Waals surface area contributed by atoms with Crippen molar-refractivity contribution in [2.45, 2.75) is 44.4 Å². The number of hydrogen-bond acceptors (Lipinski definition) is 3. The number of piperidine rings is 1. The minimum Gasteiger partial charge on any atom is -0.377 e. The van der Waals surface area contributed by atoms with Crippen LogP contribution in [0.15, 0.2) is 24.3 Å². The summed E-state index contributed by atoms with van der Waals surface area (Å²) in [6, 6.07) is 7.87. The number of hydrogen-bond donors (Lipinski definition) is 1. The summed E-state index contributed by atoms with van der Waals surface area (Å²) in [5, 5.41) is 3.86. The summed E-state index contributed by atoms with van der Waals surface area (Å²) in [4.78, 5) is 16.6. The Morgan fingerprint density at radius 2 is 2.08 bits per heavy atom. The van der Waals surface area contributed by atoms with Gasteiger partial charge in [-0.25, -0.2) is 4.79 Å². The first-order valence-corrected chi connectivity index (χ1v) is 9.58. The Hall–Kier alpha value is -1.30. The Balaban J connectivity index is 1.40. The van der Waals surface area contributed by atoms with Gasteiger partial charge >= 0.3 is 6.03 Å². The first-order chi connectivity index (χ1) is 12.1. The molecule has 2 aliphatic rings. The maximum absolute atomic E-state index is 12.4. The SMILES string of the molecule is CN(Cc1ccccc1Cl)C(=O)NC1CCN(CC2CCCO2)CC1. The number of benzene rings is 1. The molecule has 2 saturated heterocycles. The van der Waals surface area contributed by atoms with Crippen LogP contribution in [0.2, 0.25) is 5.02 Å². The summed E-state index contributed by atoms with van der Waals surface area (Å²) in [5.41, 5.74) is 0.966. The normalized spacial score (nSPS) is 22.1. The van der Waals surface area contributed by atoms with E-state index in [4.69, 9.17) is 16.3 Å². The van der Waals surface area contributed by atoms with Gasteiger partial charge in [0.1, 0.15) is 0 Å². The monoisotopic (exact) mass is 365 g/mol. The average molecular weight is 366 g/mol.